The summed E-state index contributed by atoms with van der Waals surface area (Å²) in [6.45, 7) is 3.78. The molecule has 1 aromatic rings. The zero-order chi connectivity index (χ0) is 21.0. The number of carbonyl (C=O) groups is 1. The van der Waals surface area contributed by atoms with E-state index in [1.807, 2.05) is 6.92 Å². The molecule has 1 saturated heterocycles. The molecule has 0 aromatic heterocycles. The van der Waals surface area contributed by atoms with Crippen LogP contribution in [-0.2, 0) is 14.8 Å². The second-order valence-corrected chi connectivity index (χ2v) is 10.5. The minimum atomic E-state index is -3.66. The van der Waals surface area contributed by atoms with Gasteiger partial charge in [0.15, 0.2) is 0 Å². The third kappa shape index (κ3) is 5.19. The first-order valence-corrected chi connectivity index (χ1v) is 12.3. The Morgan fingerprint density at radius 1 is 1.00 bits per heavy atom. The summed E-state index contributed by atoms with van der Waals surface area (Å²) in [5.74, 6) is -0.0877. The van der Waals surface area contributed by atoms with Crippen molar-refractivity contribution in [2.45, 2.75) is 68.8 Å². The maximum absolute atomic E-state index is 13.1. The molecule has 1 amide bonds. The van der Waals surface area contributed by atoms with Crippen molar-refractivity contribution in [2.75, 3.05) is 33.7 Å². The number of nitrogens with zero attached hydrogens (tertiary/aromatic N) is 3. The Balaban J connectivity index is 1.62. The third-order valence-electron chi connectivity index (χ3n) is 6.48. The summed E-state index contributed by atoms with van der Waals surface area (Å²) in [6, 6.07) is 6.88. The summed E-state index contributed by atoms with van der Waals surface area (Å²) in [5, 5.41) is 0. The zero-order valence-electron chi connectivity index (χ0n) is 18.0. The van der Waals surface area contributed by atoms with Crippen LogP contribution < -0.4 is 0 Å². The normalized spacial score (nSPS) is 21.6. The fourth-order valence-corrected chi connectivity index (χ4v) is 6.15. The lowest BCUT2D eigenvalue weighted by molar-refractivity contribution is -0.133. The highest BCUT2D eigenvalue weighted by molar-refractivity contribution is 7.89. The minimum absolute atomic E-state index is 0.0877. The van der Waals surface area contributed by atoms with E-state index in [9.17, 15) is 13.2 Å². The van der Waals surface area contributed by atoms with E-state index in [1.54, 1.807) is 36.2 Å². The van der Waals surface area contributed by atoms with Crippen LogP contribution in [0.15, 0.2) is 29.2 Å². The van der Waals surface area contributed by atoms with E-state index in [-0.39, 0.29) is 10.8 Å². The molecular formula is C22H35N3O3S. The second kappa shape index (κ2) is 9.58. The molecule has 1 saturated carbocycles. The lowest BCUT2D eigenvalue weighted by Crippen LogP contribution is -2.48. The van der Waals surface area contributed by atoms with Crippen LogP contribution >= 0.6 is 0 Å². The SMILES string of the molecule is Cc1ccc(S(=O)(=O)N2CCC[C@H]2C(=O)N(C)CCN(C)C2CCCCC2)cc1. The van der Waals surface area contributed by atoms with Crippen LogP contribution in [0.2, 0.25) is 0 Å². The topological polar surface area (TPSA) is 60.9 Å². The Kier molecular flexibility index (Phi) is 7.35. The average molecular weight is 422 g/mol. The van der Waals surface area contributed by atoms with Crippen LogP contribution in [0.1, 0.15) is 50.5 Å². The number of hydrogen-bond donors (Lipinski definition) is 0. The van der Waals surface area contributed by atoms with Gasteiger partial charge in [0.05, 0.1) is 4.90 Å². The highest BCUT2D eigenvalue weighted by atomic mass is 32.2. The summed E-state index contributed by atoms with van der Waals surface area (Å²) >= 11 is 0. The van der Waals surface area contributed by atoms with E-state index in [0.29, 0.717) is 25.6 Å². The van der Waals surface area contributed by atoms with E-state index in [2.05, 4.69) is 11.9 Å². The number of aryl methyl sites for hydroxylation is 1. The Labute approximate surface area is 175 Å². The van der Waals surface area contributed by atoms with Crippen LogP contribution in [0, 0.1) is 6.92 Å². The third-order valence-corrected chi connectivity index (χ3v) is 8.40. The summed E-state index contributed by atoms with van der Waals surface area (Å²) in [5.41, 5.74) is 1.01. The van der Waals surface area contributed by atoms with E-state index < -0.39 is 16.1 Å². The summed E-state index contributed by atoms with van der Waals surface area (Å²) in [6.07, 6.45) is 7.69. The number of amides is 1. The van der Waals surface area contributed by atoms with Crippen molar-refractivity contribution < 1.29 is 13.2 Å². The average Bonchev–Trinajstić information content (AvgIpc) is 3.23. The Morgan fingerprint density at radius 3 is 2.31 bits per heavy atom. The molecule has 29 heavy (non-hydrogen) atoms. The quantitative estimate of drug-likeness (QED) is 0.679. The van der Waals surface area contributed by atoms with Crippen LogP contribution in [0.25, 0.3) is 0 Å². The van der Waals surface area contributed by atoms with Crippen LogP contribution in [0.3, 0.4) is 0 Å². The highest BCUT2D eigenvalue weighted by Gasteiger charge is 2.40. The first-order valence-electron chi connectivity index (χ1n) is 10.8. The van der Waals surface area contributed by atoms with Crippen molar-refractivity contribution >= 4 is 15.9 Å². The lowest BCUT2D eigenvalue weighted by Gasteiger charge is -2.33. The van der Waals surface area contributed by atoms with Gasteiger partial charge in [0.2, 0.25) is 15.9 Å². The molecule has 7 heteroatoms. The monoisotopic (exact) mass is 421 g/mol. The lowest BCUT2D eigenvalue weighted by atomic mass is 9.94. The molecule has 1 heterocycles. The van der Waals surface area contributed by atoms with Crippen LogP contribution in [0.4, 0.5) is 0 Å². The van der Waals surface area contributed by atoms with Crippen molar-refractivity contribution in [3.05, 3.63) is 29.8 Å². The second-order valence-electron chi connectivity index (χ2n) is 8.62. The number of benzene rings is 1. The first-order chi connectivity index (χ1) is 13.8. The van der Waals surface area contributed by atoms with Crippen LogP contribution in [-0.4, -0.2) is 74.2 Å². The van der Waals surface area contributed by atoms with Crippen LogP contribution in [0.5, 0.6) is 0 Å². The van der Waals surface area contributed by atoms with Gasteiger partial charge in [0, 0.05) is 32.7 Å². The number of rotatable bonds is 7. The predicted molar refractivity (Wildman–Crippen MR) is 115 cm³/mol. The molecule has 3 rings (SSSR count). The fraction of sp³-hybridized carbons (Fsp3) is 0.682. The Bertz CT molecular complexity index is 788. The molecule has 2 aliphatic rings. The Hall–Kier alpha value is -1.44. The number of sulfonamides is 1. The van der Waals surface area contributed by atoms with E-state index in [4.69, 9.17) is 0 Å². The molecule has 1 aliphatic carbocycles. The summed E-state index contributed by atoms with van der Waals surface area (Å²) < 4.78 is 27.6. The Morgan fingerprint density at radius 2 is 1.66 bits per heavy atom. The van der Waals surface area contributed by atoms with Gasteiger partial charge in [-0.25, -0.2) is 8.42 Å². The molecular weight excluding hydrogens is 386 g/mol. The van der Waals surface area contributed by atoms with Crippen molar-refractivity contribution in [1.29, 1.82) is 0 Å². The first kappa shape index (κ1) is 22.2. The van der Waals surface area contributed by atoms with Gasteiger partial charge in [-0.3, -0.25) is 4.79 Å². The van der Waals surface area contributed by atoms with Gasteiger partial charge in [-0.1, -0.05) is 37.0 Å². The number of likely N-dealkylation sites (N-methyl/N-ethyl adjacent to an activating group) is 2. The van der Waals surface area contributed by atoms with Crippen molar-refractivity contribution in [3.63, 3.8) is 0 Å². The molecule has 0 unspecified atom stereocenters. The van der Waals surface area contributed by atoms with Gasteiger partial charge in [-0.05, 0) is 51.8 Å². The van der Waals surface area contributed by atoms with Gasteiger partial charge in [-0.2, -0.15) is 4.31 Å². The molecule has 2 fully saturated rings. The maximum Gasteiger partial charge on any atom is 0.243 e. The van der Waals surface area contributed by atoms with Gasteiger partial charge >= 0.3 is 0 Å². The minimum Gasteiger partial charge on any atom is -0.343 e. The standard InChI is InChI=1S/C22H35N3O3S/c1-18-11-13-20(14-12-18)29(27,28)25-15-7-10-21(25)22(26)24(3)17-16-23(2)19-8-5-4-6-9-19/h11-14,19,21H,4-10,15-17H2,1-3H3/t21-/m0/s1. The van der Waals surface area contributed by atoms with Gasteiger partial charge in [0.1, 0.15) is 6.04 Å². The molecule has 6 nitrogen and oxygen atoms in total. The number of carbonyl (C=O) groups excluding carboxylic acids is 1. The smallest absolute Gasteiger partial charge is 0.243 e. The van der Waals surface area contributed by atoms with Gasteiger partial charge in [-0.15, -0.1) is 0 Å². The highest BCUT2D eigenvalue weighted by Crippen LogP contribution is 2.27. The molecule has 1 aromatic carbocycles. The largest absolute Gasteiger partial charge is 0.343 e. The molecule has 162 valence electrons. The zero-order valence-corrected chi connectivity index (χ0v) is 18.8. The van der Waals surface area contributed by atoms with Gasteiger partial charge in [0.25, 0.3) is 0 Å². The molecule has 0 bridgehead atoms. The summed E-state index contributed by atoms with van der Waals surface area (Å²) in [7, 11) is 0.278. The van der Waals surface area contributed by atoms with E-state index in [1.165, 1.54) is 36.4 Å². The van der Waals surface area contributed by atoms with Crippen molar-refractivity contribution in [1.82, 2.24) is 14.1 Å². The van der Waals surface area contributed by atoms with E-state index in [0.717, 1.165) is 18.5 Å². The molecule has 0 N–H and O–H groups in total. The fourth-order valence-electron chi connectivity index (χ4n) is 4.50. The number of hydrogen-bond acceptors (Lipinski definition) is 4. The molecule has 0 radical (unpaired) electrons. The molecule has 1 atom stereocenters. The maximum atomic E-state index is 13.1. The van der Waals surface area contributed by atoms with Crippen molar-refractivity contribution in [3.8, 4) is 0 Å². The summed E-state index contributed by atoms with van der Waals surface area (Å²) in [4.78, 5) is 17.4. The van der Waals surface area contributed by atoms with Crippen molar-refractivity contribution in [2.24, 2.45) is 0 Å². The molecule has 0 spiro atoms. The molecule has 1 aliphatic heterocycles. The predicted octanol–water partition coefficient (Wildman–Crippen LogP) is 2.87. The van der Waals surface area contributed by atoms with E-state index >= 15 is 0 Å². The van der Waals surface area contributed by atoms with Gasteiger partial charge < -0.3 is 9.80 Å².